The van der Waals surface area contributed by atoms with Gasteiger partial charge in [-0.25, -0.2) is 4.79 Å². The third-order valence-electron chi connectivity index (χ3n) is 4.96. The van der Waals surface area contributed by atoms with Crippen LogP contribution >= 0.6 is 50.3 Å². The van der Waals surface area contributed by atoms with Crippen LogP contribution in [0, 0.1) is 3.57 Å². The van der Waals surface area contributed by atoms with Gasteiger partial charge in [-0.3, -0.25) is 14.5 Å². The van der Waals surface area contributed by atoms with E-state index < -0.39 is 5.97 Å². The maximum Gasteiger partial charge on any atom is 0.343 e. The molecule has 0 radical (unpaired) electrons. The van der Waals surface area contributed by atoms with Crippen molar-refractivity contribution in [2.24, 2.45) is 0 Å². The lowest BCUT2D eigenvalue weighted by Gasteiger charge is -2.14. The van der Waals surface area contributed by atoms with Crippen molar-refractivity contribution in [2.75, 3.05) is 6.61 Å². The molecule has 9 heteroatoms. The van der Waals surface area contributed by atoms with E-state index in [0.717, 1.165) is 20.9 Å². The maximum atomic E-state index is 13.0. The number of amides is 2. The summed E-state index contributed by atoms with van der Waals surface area (Å²) in [6.07, 6.45) is 1.63. The van der Waals surface area contributed by atoms with Crippen LogP contribution in [0.3, 0.4) is 0 Å². The van der Waals surface area contributed by atoms with Gasteiger partial charge in [-0.05, 0) is 111 Å². The number of imide groups is 1. The minimum absolute atomic E-state index is 0.210. The fourth-order valence-corrected chi connectivity index (χ4v) is 5.06. The molecule has 1 saturated heterocycles. The van der Waals surface area contributed by atoms with Crippen molar-refractivity contribution >= 4 is 73.5 Å². The monoisotopic (exact) mass is 663 g/mol. The normalized spacial score (nSPS) is 14.5. The lowest BCUT2D eigenvalue weighted by molar-refractivity contribution is -0.123. The van der Waals surface area contributed by atoms with Gasteiger partial charge in [0.05, 0.1) is 28.1 Å². The van der Waals surface area contributed by atoms with E-state index in [2.05, 4.69) is 38.5 Å². The summed E-state index contributed by atoms with van der Waals surface area (Å²) in [5.74, 6) is -0.288. The summed E-state index contributed by atoms with van der Waals surface area (Å²) >= 11 is 6.55. The highest BCUT2D eigenvalue weighted by atomic mass is 127. The smallest absolute Gasteiger partial charge is 0.343 e. The maximum absolute atomic E-state index is 13.0. The molecule has 0 N–H and O–H groups in total. The Morgan fingerprint density at radius 2 is 1.80 bits per heavy atom. The Balaban J connectivity index is 1.58. The van der Waals surface area contributed by atoms with Crippen molar-refractivity contribution in [1.82, 2.24) is 4.90 Å². The van der Waals surface area contributed by atoms with Crippen LogP contribution < -0.4 is 9.47 Å². The van der Waals surface area contributed by atoms with E-state index in [1.165, 1.54) is 4.90 Å². The van der Waals surface area contributed by atoms with E-state index in [4.69, 9.17) is 9.47 Å². The molecule has 1 aliphatic heterocycles. The van der Waals surface area contributed by atoms with Gasteiger partial charge in [-0.2, -0.15) is 0 Å². The second-order valence-electron chi connectivity index (χ2n) is 7.41. The van der Waals surface area contributed by atoms with Crippen LogP contribution in [-0.4, -0.2) is 28.6 Å². The van der Waals surface area contributed by atoms with Gasteiger partial charge in [-0.1, -0.05) is 30.3 Å². The molecular formula is C26H19BrINO5S. The second-order valence-corrected chi connectivity index (χ2v) is 10.5. The zero-order chi connectivity index (χ0) is 24.9. The fourth-order valence-electron chi connectivity index (χ4n) is 3.32. The lowest BCUT2D eigenvalue weighted by Crippen LogP contribution is -2.27. The Morgan fingerprint density at radius 3 is 2.49 bits per heavy atom. The largest absolute Gasteiger partial charge is 0.490 e. The Labute approximate surface area is 228 Å². The van der Waals surface area contributed by atoms with Gasteiger partial charge < -0.3 is 9.47 Å². The SMILES string of the molecule is CCOc1cc(/C=C2\SC(=O)N(Cc3ccc(I)cc3)C2=O)cc(Br)c1OC(=O)c1ccccc1. The number of benzene rings is 3. The fraction of sp³-hybridized carbons (Fsp3) is 0.115. The molecule has 3 aromatic rings. The number of carbonyl (C=O) groups is 3. The second kappa shape index (κ2) is 11.4. The first kappa shape index (κ1) is 25.5. The van der Waals surface area contributed by atoms with Crippen molar-refractivity contribution in [1.29, 1.82) is 0 Å². The molecule has 35 heavy (non-hydrogen) atoms. The standard InChI is InChI=1S/C26H19BrINO5S/c1-2-33-21-13-17(12-20(27)23(21)34-25(31)18-6-4-3-5-7-18)14-22-24(30)29(26(32)35-22)15-16-8-10-19(28)11-9-16/h3-14H,2,15H2,1H3/b22-14-. The van der Waals surface area contributed by atoms with Gasteiger partial charge >= 0.3 is 5.97 Å². The minimum Gasteiger partial charge on any atom is -0.490 e. The van der Waals surface area contributed by atoms with Crippen LogP contribution in [0.25, 0.3) is 6.08 Å². The summed E-state index contributed by atoms with van der Waals surface area (Å²) in [7, 11) is 0. The molecule has 0 bridgehead atoms. The third kappa shape index (κ3) is 6.14. The number of rotatable bonds is 7. The number of hydrogen-bond donors (Lipinski definition) is 0. The van der Waals surface area contributed by atoms with Crippen molar-refractivity contribution in [3.63, 3.8) is 0 Å². The van der Waals surface area contributed by atoms with Crippen LogP contribution in [-0.2, 0) is 11.3 Å². The Bertz CT molecular complexity index is 1310. The predicted molar refractivity (Wildman–Crippen MR) is 147 cm³/mol. The van der Waals surface area contributed by atoms with E-state index >= 15 is 0 Å². The van der Waals surface area contributed by atoms with Crippen molar-refractivity contribution in [3.8, 4) is 11.5 Å². The highest BCUT2D eigenvalue weighted by Gasteiger charge is 2.35. The van der Waals surface area contributed by atoms with Gasteiger partial charge in [0.1, 0.15) is 0 Å². The molecule has 2 amide bonds. The lowest BCUT2D eigenvalue weighted by atomic mass is 10.1. The number of thioether (sulfide) groups is 1. The summed E-state index contributed by atoms with van der Waals surface area (Å²) < 4.78 is 12.9. The van der Waals surface area contributed by atoms with Crippen molar-refractivity contribution in [3.05, 3.63) is 96.4 Å². The Hall–Kier alpha value is -2.63. The number of halogens is 2. The van der Waals surface area contributed by atoms with E-state index in [9.17, 15) is 14.4 Å². The van der Waals surface area contributed by atoms with Crippen LogP contribution in [0.2, 0.25) is 0 Å². The molecule has 0 atom stereocenters. The molecule has 4 rings (SSSR count). The first-order valence-corrected chi connectivity index (χ1v) is 13.3. The highest BCUT2D eigenvalue weighted by Crippen LogP contribution is 2.40. The number of esters is 1. The Kier molecular flexibility index (Phi) is 8.30. The molecular weight excluding hydrogens is 645 g/mol. The first-order valence-electron chi connectivity index (χ1n) is 10.6. The third-order valence-corrected chi connectivity index (χ3v) is 7.18. The van der Waals surface area contributed by atoms with Gasteiger partial charge in [0.2, 0.25) is 0 Å². The zero-order valence-electron chi connectivity index (χ0n) is 18.5. The summed E-state index contributed by atoms with van der Waals surface area (Å²) in [6, 6.07) is 19.7. The van der Waals surface area contributed by atoms with E-state index in [1.807, 2.05) is 37.3 Å². The average molecular weight is 664 g/mol. The van der Waals surface area contributed by atoms with Crippen LogP contribution in [0.4, 0.5) is 4.79 Å². The van der Waals surface area contributed by atoms with Gasteiger partial charge in [0.15, 0.2) is 11.5 Å². The molecule has 6 nitrogen and oxygen atoms in total. The molecule has 1 aliphatic rings. The summed E-state index contributed by atoms with van der Waals surface area (Å²) in [5.41, 5.74) is 1.91. The summed E-state index contributed by atoms with van der Waals surface area (Å²) in [5, 5.41) is -0.322. The molecule has 1 fully saturated rings. The van der Waals surface area contributed by atoms with Gasteiger partial charge in [0.25, 0.3) is 11.1 Å². The molecule has 3 aromatic carbocycles. The molecule has 1 heterocycles. The van der Waals surface area contributed by atoms with Crippen molar-refractivity contribution < 1.29 is 23.9 Å². The van der Waals surface area contributed by atoms with E-state index in [-0.39, 0.29) is 23.4 Å². The van der Waals surface area contributed by atoms with E-state index in [0.29, 0.717) is 32.9 Å². The first-order chi connectivity index (χ1) is 16.9. The van der Waals surface area contributed by atoms with Crippen LogP contribution in [0.5, 0.6) is 11.5 Å². The van der Waals surface area contributed by atoms with Gasteiger partial charge in [0, 0.05) is 3.57 Å². The topological polar surface area (TPSA) is 72.9 Å². The number of nitrogens with zero attached hydrogens (tertiary/aromatic N) is 1. The molecule has 0 aromatic heterocycles. The quantitative estimate of drug-likeness (QED) is 0.118. The van der Waals surface area contributed by atoms with Crippen LogP contribution in [0.1, 0.15) is 28.4 Å². The molecule has 0 aliphatic carbocycles. The predicted octanol–water partition coefficient (Wildman–Crippen LogP) is 6.91. The molecule has 178 valence electrons. The zero-order valence-corrected chi connectivity index (χ0v) is 23.1. The average Bonchev–Trinajstić information content (AvgIpc) is 3.10. The number of carbonyl (C=O) groups excluding carboxylic acids is 3. The van der Waals surface area contributed by atoms with Gasteiger partial charge in [-0.15, -0.1) is 0 Å². The number of ether oxygens (including phenoxy) is 2. The highest BCUT2D eigenvalue weighted by molar-refractivity contribution is 14.1. The number of hydrogen-bond acceptors (Lipinski definition) is 6. The molecule has 0 spiro atoms. The minimum atomic E-state index is -0.517. The van der Waals surface area contributed by atoms with E-state index in [1.54, 1.807) is 42.5 Å². The molecule has 0 saturated carbocycles. The summed E-state index contributed by atoms with van der Waals surface area (Å²) in [4.78, 5) is 39.6. The van der Waals surface area contributed by atoms with Crippen molar-refractivity contribution in [2.45, 2.75) is 13.5 Å². The van der Waals surface area contributed by atoms with Crippen LogP contribution in [0.15, 0.2) is 76.1 Å². The molecule has 0 unspecified atom stereocenters. The Morgan fingerprint density at radius 1 is 1.09 bits per heavy atom. The summed E-state index contributed by atoms with van der Waals surface area (Å²) in [6.45, 7) is 2.37.